The average molecular weight is 881 g/mol. The quantitative estimate of drug-likeness (QED) is 0.123. The van der Waals surface area contributed by atoms with Crippen molar-refractivity contribution in [2.45, 2.75) is 19.3 Å². The van der Waals surface area contributed by atoms with Crippen LogP contribution in [0.1, 0.15) is 25.0 Å². The topological polar surface area (TPSA) is 68.8 Å². The highest BCUT2D eigenvalue weighted by Gasteiger charge is 2.35. The summed E-state index contributed by atoms with van der Waals surface area (Å²) in [6.45, 7) is 12.0. The fourth-order valence-electron chi connectivity index (χ4n) is 10.6. The van der Waals surface area contributed by atoms with Gasteiger partial charge in [0.15, 0.2) is 23.2 Å². The molecule has 3 heterocycles. The zero-order valence-electron chi connectivity index (χ0n) is 37.8. The van der Waals surface area contributed by atoms with Crippen LogP contribution in [-0.2, 0) is 5.41 Å². The molecule has 12 aromatic rings. The summed E-state index contributed by atoms with van der Waals surface area (Å²) < 4.78 is 0. The Morgan fingerprint density at radius 2 is 0.870 bits per heavy atom. The minimum atomic E-state index is -0.164. The minimum Gasteiger partial charge on any atom is -0.256 e. The second kappa shape index (κ2) is 15.7. The van der Waals surface area contributed by atoms with Gasteiger partial charge in [-0.1, -0.05) is 172 Å². The molecule has 322 valence electrons. The summed E-state index contributed by atoms with van der Waals surface area (Å²) in [6, 6.07) is 67.8. The first-order valence-corrected chi connectivity index (χ1v) is 23.2. The molecule has 0 atom stereocenters. The van der Waals surface area contributed by atoms with Gasteiger partial charge >= 0.3 is 0 Å². The van der Waals surface area contributed by atoms with Gasteiger partial charge in [-0.05, 0) is 102 Å². The van der Waals surface area contributed by atoms with E-state index in [0.717, 1.165) is 93.4 Å². The lowest BCUT2D eigenvalue weighted by Gasteiger charge is -2.21. The lowest BCUT2D eigenvalue weighted by Crippen LogP contribution is -2.15. The van der Waals surface area contributed by atoms with Crippen molar-refractivity contribution >= 4 is 49.0 Å². The van der Waals surface area contributed by atoms with E-state index < -0.39 is 0 Å². The van der Waals surface area contributed by atoms with Gasteiger partial charge in [0.25, 0.3) is 0 Å². The number of hydrogen-bond acceptors (Lipinski definition) is 5. The van der Waals surface area contributed by atoms with Gasteiger partial charge in [-0.15, -0.1) is 0 Å². The van der Waals surface area contributed by atoms with Crippen LogP contribution in [0.3, 0.4) is 0 Å². The van der Waals surface area contributed by atoms with Gasteiger partial charge in [0, 0.05) is 56.4 Å². The van der Waals surface area contributed by atoms with Crippen LogP contribution in [-0.4, -0.2) is 24.9 Å². The van der Waals surface area contributed by atoms with E-state index in [4.69, 9.17) is 31.5 Å². The minimum absolute atomic E-state index is 0.164. The maximum absolute atomic E-state index is 7.45. The van der Waals surface area contributed by atoms with Crippen LogP contribution in [0.15, 0.2) is 207 Å². The lowest BCUT2D eigenvalue weighted by atomic mass is 9.82. The smallest absolute Gasteiger partial charge is 0.187 e. The summed E-state index contributed by atoms with van der Waals surface area (Å²) in [5, 5.41) is 6.59. The highest BCUT2D eigenvalue weighted by atomic mass is 15.0. The molecule has 0 radical (unpaired) electrons. The van der Waals surface area contributed by atoms with Crippen LogP contribution in [0.4, 0.5) is 5.69 Å². The summed E-state index contributed by atoms with van der Waals surface area (Å²) in [5.41, 5.74) is 16.6. The van der Waals surface area contributed by atoms with Crippen LogP contribution in [0, 0.1) is 6.57 Å². The number of nitrogens with zero attached hydrogens (tertiary/aromatic N) is 6. The second-order valence-electron chi connectivity index (χ2n) is 18.3. The van der Waals surface area contributed by atoms with Crippen molar-refractivity contribution in [2.75, 3.05) is 0 Å². The van der Waals surface area contributed by atoms with Crippen LogP contribution in [0.5, 0.6) is 0 Å². The summed E-state index contributed by atoms with van der Waals surface area (Å²) in [5.74, 6) is 1.85. The maximum atomic E-state index is 7.45. The Kier molecular flexibility index (Phi) is 9.15. The third kappa shape index (κ3) is 6.51. The van der Waals surface area contributed by atoms with Gasteiger partial charge in [0.05, 0.1) is 17.6 Å². The molecule has 0 bridgehead atoms. The molecule has 6 nitrogen and oxygen atoms in total. The third-order valence-corrected chi connectivity index (χ3v) is 14.0. The Balaban J connectivity index is 0.965. The number of aromatic nitrogens is 5. The van der Waals surface area contributed by atoms with Gasteiger partial charge in [0.1, 0.15) is 0 Å². The van der Waals surface area contributed by atoms with Crippen LogP contribution < -0.4 is 0 Å². The Morgan fingerprint density at radius 1 is 0.348 bits per heavy atom. The first kappa shape index (κ1) is 40.1. The van der Waals surface area contributed by atoms with E-state index in [-0.39, 0.29) is 5.41 Å². The molecule has 1 aliphatic rings. The fraction of sp³-hybridized carbons (Fsp3) is 0.0476. The largest absolute Gasteiger partial charge is 0.256 e. The molecule has 0 aliphatic heterocycles. The molecule has 1 aliphatic carbocycles. The van der Waals surface area contributed by atoms with E-state index in [9.17, 15) is 0 Å². The molecule has 0 saturated heterocycles. The molecule has 69 heavy (non-hydrogen) atoms. The predicted octanol–water partition coefficient (Wildman–Crippen LogP) is 16.1. The van der Waals surface area contributed by atoms with E-state index in [1.54, 1.807) is 0 Å². The van der Waals surface area contributed by atoms with Gasteiger partial charge < -0.3 is 0 Å². The summed E-state index contributed by atoms with van der Waals surface area (Å²) in [6.07, 6.45) is 3.76. The van der Waals surface area contributed by atoms with E-state index in [2.05, 4.69) is 158 Å². The average Bonchev–Trinajstić information content (AvgIpc) is 3.65. The van der Waals surface area contributed by atoms with Crippen molar-refractivity contribution < 1.29 is 0 Å². The van der Waals surface area contributed by atoms with Crippen molar-refractivity contribution in [1.82, 2.24) is 24.9 Å². The Morgan fingerprint density at radius 3 is 1.59 bits per heavy atom. The van der Waals surface area contributed by atoms with Crippen molar-refractivity contribution in [1.29, 1.82) is 0 Å². The molecule has 0 unspecified atom stereocenters. The van der Waals surface area contributed by atoms with Crippen LogP contribution in [0.2, 0.25) is 0 Å². The SMILES string of the molecule is [C-]#[N+]c1ccc(-c2ccc(-c3cc4c5cccnc5c(-c5cccc(-c6nc(-c7ccccc7)nc(-c7ccc8c(c7)C(C)(C)c7ccccc7-8)n6)c5)cc4c4cccnc34)c3ccccc23)cc1. The van der Waals surface area contributed by atoms with E-state index in [0.29, 0.717) is 23.2 Å². The van der Waals surface area contributed by atoms with Crippen molar-refractivity contribution in [3.05, 3.63) is 229 Å². The van der Waals surface area contributed by atoms with E-state index in [1.807, 2.05) is 67.0 Å². The molecule has 0 spiro atoms. The number of fused-ring (bicyclic) bond motifs is 9. The Bertz CT molecular complexity index is 4110. The summed E-state index contributed by atoms with van der Waals surface area (Å²) in [4.78, 5) is 29.3. The number of hydrogen-bond donors (Lipinski definition) is 0. The Hall–Kier alpha value is -9.18. The molecular formula is C63H40N6. The van der Waals surface area contributed by atoms with Gasteiger partial charge in [-0.2, -0.15) is 0 Å². The van der Waals surface area contributed by atoms with Crippen LogP contribution >= 0.6 is 0 Å². The van der Waals surface area contributed by atoms with Crippen LogP contribution in [0.25, 0.3) is 127 Å². The molecule has 3 aromatic heterocycles. The van der Waals surface area contributed by atoms with E-state index in [1.165, 1.54) is 22.3 Å². The van der Waals surface area contributed by atoms with Gasteiger partial charge in [-0.25, -0.2) is 19.8 Å². The molecule has 0 amide bonds. The number of benzene rings is 9. The molecule has 13 rings (SSSR count). The monoisotopic (exact) mass is 880 g/mol. The summed E-state index contributed by atoms with van der Waals surface area (Å²) in [7, 11) is 0. The third-order valence-electron chi connectivity index (χ3n) is 14.0. The van der Waals surface area contributed by atoms with Crippen molar-refractivity contribution in [3.8, 4) is 78.7 Å². The Labute approximate surface area is 399 Å². The lowest BCUT2D eigenvalue weighted by molar-refractivity contribution is 0.660. The van der Waals surface area contributed by atoms with Crippen molar-refractivity contribution in [2.24, 2.45) is 0 Å². The second-order valence-corrected chi connectivity index (χ2v) is 18.3. The maximum Gasteiger partial charge on any atom is 0.187 e. The van der Waals surface area contributed by atoms with Gasteiger partial charge in [0.2, 0.25) is 0 Å². The molecular weight excluding hydrogens is 841 g/mol. The van der Waals surface area contributed by atoms with Crippen molar-refractivity contribution in [3.63, 3.8) is 0 Å². The molecule has 6 heteroatoms. The zero-order valence-corrected chi connectivity index (χ0v) is 37.8. The highest BCUT2D eigenvalue weighted by Crippen LogP contribution is 2.50. The number of pyridine rings is 2. The number of rotatable bonds is 6. The normalized spacial score (nSPS) is 12.6. The first-order chi connectivity index (χ1) is 33.9. The molecule has 0 N–H and O–H groups in total. The molecule has 9 aromatic carbocycles. The van der Waals surface area contributed by atoms with E-state index >= 15 is 0 Å². The van der Waals surface area contributed by atoms with Gasteiger partial charge in [-0.3, -0.25) is 9.97 Å². The molecule has 0 fully saturated rings. The highest BCUT2D eigenvalue weighted by molar-refractivity contribution is 6.23. The summed E-state index contributed by atoms with van der Waals surface area (Å²) >= 11 is 0. The zero-order chi connectivity index (χ0) is 46.2. The standard InChI is InChI=1S/C63H40N6/c1-63(2)56-23-10-9-20-48(56)49-29-26-42(35-57(49)63)62-68-60(39-14-5-4-6-15-39)67-61(69-62)41-17-11-16-40(34-41)52-36-53-51-22-13-33-66-59(51)55(37-54(53)50-21-12-32-65-58(50)52)47-31-30-44(45-18-7-8-19-46(45)47)38-24-27-43(64-3)28-25-38/h4-37H,1-2H3. The first-order valence-electron chi connectivity index (χ1n) is 23.2. The predicted molar refractivity (Wildman–Crippen MR) is 282 cm³/mol. The molecule has 0 saturated carbocycles. The fourth-order valence-corrected chi connectivity index (χ4v) is 10.6.